The third-order valence-corrected chi connectivity index (χ3v) is 4.86. The van der Waals surface area contributed by atoms with E-state index in [1.54, 1.807) is 12.1 Å². The van der Waals surface area contributed by atoms with E-state index >= 15 is 0 Å². The number of carbonyl (C=O) groups is 2. The van der Waals surface area contributed by atoms with Crippen molar-refractivity contribution in [2.75, 3.05) is 32.1 Å². The number of phenols is 1. The van der Waals surface area contributed by atoms with Gasteiger partial charge in [-0.2, -0.15) is 5.26 Å². The molecule has 34 heavy (non-hydrogen) atoms. The lowest BCUT2D eigenvalue weighted by atomic mass is 10.1. The van der Waals surface area contributed by atoms with Crippen molar-refractivity contribution in [3.8, 4) is 11.8 Å². The molecule has 0 unspecified atom stereocenters. The van der Waals surface area contributed by atoms with Gasteiger partial charge >= 0.3 is 11.6 Å². The molecule has 3 rings (SSSR count). The van der Waals surface area contributed by atoms with Crippen molar-refractivity contribution < 1.29 is 23.8 Å². The second-order valence-corrected chi connectivity index (χ2v) is 7.57. The summed E-state index contributed by atoms with van der Waals surface area (Å²) in [7, 11) is 3.82. The lowest BCUT2D eigenvalue weighted by molar-refractivity contribution is -0.138. The summed E-state index contributed by atoms with van der Waals surface area (Å²) >= 11 is 0. The molecule has 1 aromatic heterocycles. The molecular formula is C25H23N3O6. The van der Waals surface area contributed by atoms with E-state index in [1.165, 1.54) is 30.3 Å². The first-order valence-corrected chi connectivity index (χ1v) is 10.4. The largest absolute Gasteiger partial charge is 0.508 e. The van der Waals surface area contributed by atoms with E-state index in [9.17, 15) is 24.8 Å². The Morgan fingerprint density at radius 1 is 1.18 bits per heavy atom. The molecule has 0 atom stereocenters. The van der Waals surface area contributed by atoms with Crippen LogP contribution in [0.15, 0.2) is 63.3 Å². The molecular weight excluding hydrogens is 438 g/mol. The fourth-order valence-corrected chi connectivity index (χ4v) is 3.04. The van der Waals surface area contributed by atoms with Crippen molar-refractivity contribution in [3.05, 3.63) is 75.7 Å². The molecule has 0 fully saturated rings. The molecule has 174 valence electrons. The van der Waals surface area contributed by atoms with E-state index < -0.39 is 17.5 Å². The van der Waals surface area contributed by atoms with Gasteiger partial charge in [0.25, 0.3) is 5.91 Å². The summed E-state index contributed by atoms with van der Waals surface area (Å²) in [6.45, 7) is 0.111. The predicted molar refractivity (Wildman–Crippen MR) is 126 cm³/mol. The van der Waals surface area contributed by atoms with Gasteiger partial charge in [0.2, 0.25) is 0 Å². The van der Waals surface area contributed by atoms with Crippen LogP contribution in [-0.4, -0.2) is 44.2 Å². The van der Waals surface area contributed by atoms with Gasteiger partial charge in [0.05, 0.1) is 6.61 Å². The van der Waals surface area contributed by atoms with Crippen LogP contribution in [0.4, 0.5) is 5.69 Å². The molecule has 0 spiro atoms. The highest BCUT2D eigenvalue weighted by Crippen LogP contribution is 2.19. The van der Waals surface area contributed by atoms with Crippen LogP contribution in [0.3, 0.4) is 0 Å². The predicted octanol–water partition coefficient (Wildman–Crippen LogP) is 2.83. The number of nitriles is 1. The summed E-state index contributed by atoms with van der Waals surface area (Å²) in [5.74, 6) is -1.45. The lowest BCUT2D eigenvalue weighted by Gasteiger charge is -2.11. The normalized spacial score (nSPS) is 11.0. The summed E-state index contributed by atoms with van der Waals surface area (Å²) in [6, 6.07) is 14.8. The summed E-state index contributed by atoms with van der Waals surface area (Å²) in [5, 5.41) is 21.8. The van der Waals surface area contributed by atoms with E-state index in [4.69, 9.17) is 9.15 Å². The molecule has 9 heteroatoms. The smallest absolute Gasteiger partial charge is 0.349 e. The van der Waals surface area contributed by atoms with Crippen molar-refractivity contribution in [1.82, 2.24) is 5.32 Å². The Morgan fingerprint density at radius 2 is 1.91 bits per heavy atom. The third-order valence-electron chi connectivity index (χ3n) is 4.86. The van der Waals surface area contributed by atoms with E-state index in [1.807, 2.05) is 37.2 Å². The van der Waals surface area contributed by atoms with Gasteiger partial charge in [0.1, 0.15) is 28.5 Å². The summed E-state index contributed by atoms with van der Waals surface area (Å²) in [5.41, 5.74) is 0.705. The van der Waals surface area contributed by atoms with E-state index in [-0.39, 0.29) is 42.0 Å². The quantitative estimate of drug-likeness (QED) is 0.172. The number of esters is 1. The number of phenolic OH excluding ortho intramolecular Hbond substituents is 1. The van der Waals surface area contributed by atoms with Gasteiger partial charge in [-0.15, -0.1) is 0 Å². The van der Waals surface area contributed by atoms with Crippen LogP contribution in [0, 0.1) is 11.3 Å². The highest BCUT2D eigenvalue weighted by atomic mass is 16.5. The lowest BCUT2D eigenvalue weighted by Crippen LogP contribution is -2.29. The van der Waals surface area contributed by atoms with E-state index in [2.05, 4.69) is 5.32 Å². The summed E-state index contributed by atoms with van der Waals surface area (Å²) in [6.07, 6.45) is 1.73. The van der Waals surface area contributed by atoms with Crippen LogP contribution in [0.25, 0.3) is 17.0 Å². The number of nitrogens with one attached hydrogen (secondary N) is 1. The average molecular weight is 461 g/mol. The Bertz CT molecular complexity index is 1330. The molecule has 0 saturated heterocycles. The molecule has 1 heterocycles. The average Bonchev–Trinajstić information content (AvgIpc) is 2.81. The zero-order valence-corrected chi connectivity index (χ0v) is 18.7. The van der Waals surface area contributed by atoms with E-state index in [0.29, 0.717) is 10.9 Å². The first-order chi connectivity index (χ1) is 16.3. The number of rotatable bonds is 8. The Hall–Kier alpha value is -4.58. The van der Waals surface area contributed by atoms with Crippen LogP contribution in [0.1, 0.15) is 22.3 Å². The molecule has 0 aliphatic heterocycles. The second-order valence-electron chi connectivity index (χ2n) is 7.57. The van der Waals surface area contributed by atoms with Crippen LogP contribution in [0.5, 0.6) is 5.75 Å². The van der Waals surface area contributed by atoms with Gasteiger partial charge in [0.15, 0.2) is 0 Å². The number of ether oxygens (including phenoxy) is 1. The number of nitrogens with zero attached hydrogens (tertiary/aromatic N) is 2. The number of hydrogen-bond donors (Lipinski definition) is 2. The molecule has 0 radical (unpaired) electrons. The standard InChI is InChI=1S/C25H23N3O6/c1-28(2)19-7-4-16(5-8-19)12-18(15-26)24(31)33-11-3-10-27-23(30)21-13-17-6-9-20(29)14-22(17)34-25(21)32/h4-9,12-14,29H,3,10-11H2,1-2H3,(H,27,30)/b18-12+. The van der Waals surface area contributed by atoms with Crippen molar-refractivity contribution in [1.29, 1.82) is 5.26 Å². The Morgan fingerprint density at radius 3 is 2.59 bits per heavy atom. The van der Waals surface area contributed by atoms with Gasteiger partial charge in [-0.3, -0.25) is 4.79 Å². The van der Waals surface area contributed by atoms with Gasteiger partial charge in [-0.25, -0.2) is 9.59 Å². The fraction of sp³-hybridized carbons (Fsp3) is 0.200. The molecule has 0 aliphatic rings. The van der Waals surface area contributed by atoms with Crippen LogP contribution in [0.2, 0.25) is 0 Å². The number of fused-ring (bicyclic) bond motifs is 1. The maximum Gasteiger partial charge on any atom is 0.349 e. The van der Waals surface area contributed by atoms with E-state index in [0.717, 1.165) is 5.69 Å². The zero-order chi connectivity index (χ0) is 24.7. The van der Waals surface area contributed by atoms with Gasteiger partial charge in [0, 0.05) is 37.8 Å². The monoisotopic (exact) mass is 461 g/mol. The Labute approximate surface area is 195 Å². The van der Waals surface area contributed by atoms with Crippen molar-refractivity contribution >= 4 is 34.6 Å². The molecule has 0 saturated carbocycles. The molecule has 9 nitrogen and oxygen atoms in total. The number of hydrogen-bond acceptors (Lipinski definition) is 8. The number of amides is 1. The number of aromatic hydroxyl groups is 1. The van der Waals surface area contributed by atoms with Crippen LogP contribution < -0.4 is 15.8 Å². The fourth-order valence-electron chi connectivity index (χ4n) is 3.04. The topological polar surface area (TPSA) is 133 Å². The highest BCUT2D eigenvalue weighted by Gasteiger charge is 2.14. The maximum absolute atomic E-state index is 12.3. The SMILES string of the molecule is CN(C)c1ccc(/C=C(\C#N)C(=O)OCCCNC(=O)c2cc3ccc(O)cc3oc2=O)cc1. The van der Waals surface area contributed by atoms with Crippen molar-refractivity contribution in [3.63, 3.8) is 0 Å². The van der Waals surface area contributed by atoms with Crippen LogP contribution in [-0.2, 0) is 9.53 Å². The molecule has 1 amide bonds. The maximum atomic E-state index is 12.3. The highest BCUT2D eigenvalue weighted by molar-refractivity contribution is 5.98. The number of benzene rings is 2. The van der Waals surface area contributed by atoms with Gasteiger partial charge < -0.3 is 24.5 Å². The van der Waals surface area contributed by atoms with Crippen LogP contribution >= 0.6 is 0 Å². The first kappa shape index (κ1) is 24.1. The van der Waals surface area contributed by atoms with Gasteiger partial charge in [-0.05, 0) is 48.4 Å². The first-order valence-electron chi connectivity index (χ1n) is 10.4. The molecule has 2 N–H and O–H groups in total. The molecule has 3 aromatic rings. The molecule has 0 aliphatic carbocycles. The summed E-state index contributed by atoms with van der Waals surface area (Å²) in [4.78, 5) is 38.5. The minimum Gasteiger partial charge on any atom is -0.508 e. The van der Waals surface area contributed by atoms with Crippen molar-refractivity contribution in [2.45, 2.75) is 6.42 Å². The third kappa shape index (κ3) is 6.01. The minimum atomic E-state index is -0.829. The Balaban J connectivity index is 1.50. The second kappa shape index (κ2) is 10.8. The zero-order valence-electron chi connectivity index (χ0n) is 18.7. The minimum absolute atomic E-state index is 0.0245. The number of carbonyl (C=O) groups excluding carboxylic acids is 2. The molecule has 2 aromatic carbocycles. The van der Waals surface area contributed by atoms with Crippen molar-refractivity contribution in [2.24, 2.45) is 0 Å². The number of anilines is 1. The van der Waals surface area contributed by atoms with Gasteiger partial charge in [-0.1, -0.05) is 12.1 Å². The summed E-state index contributed by atoms with van der Waals surface area (Å²) < 4.78 is 10.2. The molecule has 0 bridgehead atoms. The Kier molecular flexibility index (Phi) is 7.67.